The van der Waals surface area contributed by atoms with Crippen LogP contribution in [0.25, 0.3) is 0 Å². The van der Waals surface area contributed by atoms with E-state index in [2.05, 4.69) is 0 Å². The van der Waals surface area contributed by atoms with E-state index in [0.29, 0.717) is 12.8 Å². The highest BCUT2D eigenvalue weighted by molar-refractivity contribution is 6.46. The molecular weight excluding hydrogens is 373 g/mol. The average molecular weight is 393 g/mol. The molecule has 0 aromatic rings. The van der Waals surface area contributed by atoms with Crippen molar-refractivity contribution < 1.29 is 4.74 Å². The lowest BCUT2D eigenvalue weighted by Gasteiger charge is -2.44. The van der Waals surface area contributed by atoms with E-state index in [0.717, 1.165) is 12.8 Å². The van der Waals surface area contributed by atoms with Crippen LogP contribution in [-0.4, -0.2) is 32.6 Å². The molecule has 19 heavy (non-hydrogen) atoms. The van der Waals surface area contributed by atoms with Gasteiger partial charge in [-0.3, -0.25) is 0 Å². The number of ether oxygens (including phenoxy) is 1. The molecule has 2 unspecified atom stereocenters. The topological polar surface area (TPSA) is 9.23 Å². The van der Waals surface area contributed by atoms with Crippen LogP contribution in [0.4, 0.5) is 0 Å². The first-order valence-electron chi connectivity index (χ1n) is 6.22. The molecule has 0 amide bonds. The van der Waals surface area contributed by atoms with Crippen LogP contribution in [-0.2, 0) is 4.74 Å². The van der Waals surface area contributed by atoms with Gasteiger partial charge in [-0.05, 0) is 12.8 Å². The molecule has 116 valence electrons. The predicted molar refractivity (Wildman–Crippen MR) is 88.8 cm³/mol. The van der Waals surface area contributed by atoms with Crippen molar-refractivity contribution in [3.8, 4) is 0 Å². The number of halogens is 6. The number of alkyl halides is 6. The summed E-state index contributed by atoms with van der Waals surface area (Å²) in [5, 5.41) is 0. The Morgan fingerprint density at radius 3 is 1.26 bits per heavy atom. The van der Waals surface area contributed by atoms with E-state index in [1.54, 1.807) is 0 Å². The molecule has 0 aliphatic heterocycles. The lowest BCUT2D eigenvalue weighted by molar-refractivity contribution is -0.131. The summed E-state index contributed by atoms with van der Waals surface area (Å²) >= 11 is 36.4. The summed E-state index contributed by atoms with van der Waals surface area (Å²) in [7, 11) is 0. The van der Waals surface area contributed by atoms with E-state index in [1.807, 2.05) is 13.8 Å². The van der Waals surface area contributed by atoms with Gasteiger partial charge >= 0.3 is 0 Å². The SMILES string of the molecule is CCCC(CCl)(OC(CCl)(CCC)C(Cl)Cl)C(Cl)Cl. The van der Waals surface area contributed by atoms with Gasteiger partial charge < -0.3 is 4.74 Å². The van der Waals surface area contributed by atoms with Crippen molar-refractivity contribution in [2.24, 2.45) is 0 Å². The highest BCUT2D eigenvalue weighted by atomic mass is 35.5. The molecule has 0 heterocycles. The minimum absolute atomic E-state index is 0.154. The van der Waals surface area contributed by atoms with Crippen molar-refractivity contribution in [3.05, 3.63) is 0 Å². The van der Waals surface area contributed by atoms with E-state index < -0.39 is 20.9 Å². The fourth-order valence-electron chi connectivity index (χ4n) is 1.97. The van der Waals surface area contributed by atoms with Gasteiger partial charge in [0, 0.05) is 0 Å². The largest absolute Gasteiger partial charge is 0.360 e. The van der Waals surface area contributed by atoms with Crippen molar-refractivity contribution in [3.63, 3.8) is 0 Å². The molecule has 0 radical (unpaired) electrons. The Hall–Kier alpha value is 1.70. The Morgan fingerprint density at radius 2 is 1.11 bits per heavy atom. The molecule has 0 N–H and O–H groups in total. The van der Waals surface area contributed by atoms with Crippen LogP contribution in [0.15, 0.2) is 0 Å². The quantitative estimate of drug-likeness (QED) is 0.404. The van der Waals surface area contributed by atoms with E-state index in [1.165, 1.54) is 0 Å². The highest BCUT2D eigenvalue weighted by Gasteiger charge is 2.47. The molecule has 1 nitrogen and oxygen atoms in total. The number of hydrogen-bond donors (Lipinski definition) is 0. The third-order valence-electron chi connectivity index (χ3n) is 3.00. The Kier molecular flexibility index (Phi) is 10.5. The van der Waals surface area contributed by atoms with Crippen molar-refractivity contribution >= 4 is 69.6 Å². The first-order valence-corrected chi connectivity index (χ1v) is 9.04. The molecule has 2 atom stereocenters. The fraction of sp³-hybridized carbons (Fsp3) is 1.00. The van der Waals surface area contributed by atoms with Gasteiger partial charge in [-0.15, -0.1) is 69.6 Å². The summed E-state index contributed by atoms with van der Waals surface area (Å²) < 4.78 is 6.14. The van der Waals surface area contributed by atoms with Crippen LogP contribution in [0, 0.1) is 0 Å². The zero-order chi connectivity index (χ0) is 15.1. The van der Waals surface area contributed by atoms with Crippen LogP contribution in [0.2, 0.25) is 0 Å². The van der Waals surface area contributed by atoms with Gasteiger partial charge in [-0.1, -0.05) is 26.7 Å². The van der Waals surface area contributed by atoms with Crippen LogP contribution in [0.5, 0.6) is 0 Å². The Bertz CT molecular complexity index is 226. The third-order valence-corrected chi connectivity index (χ3v) is 5.50. The Labute approximate surface area is 146 Å². The minimum atomic E-state index is -0.897. The predicted octanol–water partition coefficient (Wildman–Crippen LogP) is 6.17. The highest BCUT2D eigenvalue weighted by Crippen LogP contribution is 2.41. The van der Waals surface area contributed by atoms with Crippen molar-refractivity contribution in [1.82, 2.24) is 0 Å². The van der Waals surface area contributed by atoms with Gasteiger partial charge in [0.05, 0.1) is 11.8 Å². The van der Waals surface area contributed by atoms with Crippen LogP contribution in [0.1, 0.15) is 39.5 Å². The normalized spacial score (nSPS) is 18.6. The maximum atomic E-state index is 6.14. The second-order valence-corrected chi connectivity index (χ2v) is 7.33. The molecule has 0 saturated carbocycles. The maximum Gasteiger partial charge on any atom is 0.137 e. The van der Waals surface area contributed by atoms with Crippen molar-refractivity contribution in [2.75, 3.05) is 11.8 Å². The molecule has 0 bridgehead atoms. The van der Waals surface area contributed by atoms with E-state index in [-0.39, 0.29) is 11.8 Å². The molecule has 0 aliphatic rings. The summed E-state index contributed by atoms with van der Waals surface area (Å²) in [6.07, 6.45) is 2.86. The second kappa shape index (κ2) is 9.66. The summed E-state index contributed by atoms with van der Waals surface area (Å²) in [5.41, 5.74) is -1.79. The average Bonchev–Trinajstić information content (AvgIpc) is 2.36. The zero-order valence-electron chi connectivity index (χ0n) is 11.1. The summed E-state index contributed by atoms with van der Waals surface area (Å²) in [6, 6.07) is 0. The maximum absolute atomic E-state index is 6.14. The third kappa shape index (κ3) is 5.43. The van der Waals surface area contributed by atoms with E-state index in [4.69, 9.17) is 74.3 Å². The second-order valence-electron chi connectivity index (χ2n) is 4.60. The van der Waals surface area contributed by atoms with Crippen molar-refractivity contribution in [1.29, 1.82) is 0 Å². The van der Waals surface area contributed by atoms with Crippen LogP contribution < -0.4 is 0 Å². The monoisotopic (exact) mass is 390 g/mol. The zero-order valence-corrected chi connectivity index (χ0v) is 15.6. The molecule has 0 aliphatic carbocycles. The Balaban J connectivity index is 5.34. The lowest BCUT2D eigenvalue weighted by atomic mass is 9.96. The Morgan fingerprint density at radius 1 is 0.789 bits per heavy atom. The molecule has 0 fully saturated rings. The molecule has 0 spiro atoms. The molecule has 7 heteroatoms. The first-order chi connectivity index (χ1) is 8.84. The van der Waals surface area contributed by atoms with Gasteiger partial charge in [-0.2, -0.15) is 0 Å². The van der Waals surface area contributed by atoms with Crippen LogP contribution in [0.3, 0.4) is 0 Å². The lowest BCUT2D eigenvalue weighted by Crippen LogP contribution is -2.54. The molecule has 0 rings (SSSR count). The number of rotatable bonds is 10. The first kappa shape index (κ1) is 20.7. The number of hydrogen-bond acceptors (Lipinski definition) is 1. The van der Waals surface area contributed by atoms with E-state index >= 15 is 0 Å². The van der Waals surface area contributed by atoms with Crippen molar-refractivity contribution in [2.45, 2.75) is 60.4 Å². The van der Waals surface area contributed by atoms with Gasteiger partial charge in [0.1, 0.15) is 20.9 Å². The van der Waals surface area contributed by atoms with Gasteiger partial charge in [0.25, 0.3) is 0 Å². The standard InChI is InChI=1S/C12H20Cl6O/c1-3-5-11(7-13,9(15)16)19-12(8-14,6-4-2)10(17)18/h9-10H,3-8H2,1-2H3. The van der Waals surface area contributed by atoms with E-state index in [9.17, 15) is 0 Å². The molecule has 0 saturated heterocycles. The smallest absolute Gasteiger partial charge is 0.137 e. The molecular formula is C12H20Cl6O. The summed E-state index contributed by atoms with van der Waals surface area (Å²) in [5.74, 6) is 0.308. The van der Waals surface area contributed by atoms with Gasteiger partial charge in [0.15, 0.2) is 0 Å². The van der Waals surface area contributed by atoms with Gasteiger partial charge in [0.2, 0.25) is 0 Å². The summed E-state index contributed by atoms with van der Waals surface area (Å²) in [4.78, 5) is -1.56. The molecule has 0 aromatic carbocycles. The molecule has 0 aromatic heterocycles. The van der Waals surface area contributed by atoms with Crippen LogP contribution >= 0.6 is 69.6 Å². The summed E-state index contributed by atoms with van der Waals surface area (Å²) in [6.45, 7) is 4.00. The minimum Gasteiger partial charge on any atom is -0.360 e. The fourth-order valence-corrected chi connectivity index (χ4v) is 3.89. The van der Waals surface area contributed by atoms with Gasteiger partial charge in [-0.25, -0.2) is 0 Å².